The lowest BCUT2D eigenvalue weighted by Crippen LogP contribution is -2.27. The van der Waals surface area contributed by atoms with E-state index >= 15 is 0 Å². The maximum atomic E-state index is 12.6. The van der Waals surface area contributed by atoms with Crippen molar-refractivity contribution >= 4 is 29.0 Å². The number of aromatic nitrogens is 2. The van der Waals surface area contributed by atoms with Gasteiger partial charge in [-0.25, -0.2) is 0 Å². The van der Waals surface area contributed by atoms with Gasteiger partial charge < -0.3 is 10.3 Å². The van der Waals surface area contributed by atoms with Gasteiger partial charge in [-0.05, 0) is 48.7 Å². The number of fused-ring (bicyclic) bond motifs is 1. The number of rotatable bonds is 9. The molecule has 0 aliphatic heterocycles. The second-order valence-electron chi connectivity index (χ2n) is 7.36. The molecule has 0 spiro atoms. The quantitative estimate of drug-likeness (QED) is 0.403. The lowest BCUT2D eigenvalue weighted by molar-refractivity contribution is -0.121. The first-order chi connectivity index (χ1) is 14.1. The van der Waals surface area contributed by atoms with Gasteiger partial charge in [-0.15, -0.1) is 0 Å². The van der Waals surface area contributed by atoms with E-state index in [9.17, 15) is 9.59 Å². The van der Waals surface area contributed by atoms with Gasteiger partial charge >= 0.3 is 0 Å². The summed E-state index contributed by atoms with van der Waals surface area (Å²) >= 11 is 5.33. The van der Waals surface area contributed by atoms with Crippen molar-refractivity contribution in [3.8, 4) is 0 Å². The molecule has 0 aliphatic rings. The molecular formula is C23H27N3O2S. The Bertz CT molecular complexity index is 1070. The first-order valence-corrected chi connectivity index (χ1v) is 10.5. The number of carbonyl (C=O) groups excluding carboxylic acids is 1. The fourth-order valence-corrected chi connectivity index (χ4v) is 3.67. The van der Waals surface area contributed by atoms with E-state index in [-0.39, 0.29) is 11.5 Å². The zero-order valence-corrected chi connectivity index (χ0v) is 17.5. The summed E-state index contributed by atoms with van der Waals surface area (Å²) in [5.74, 6) is 0.370. The topological polar surface area (TPSA) is 66.9 Å². The first-order valence-electron chi connectivity index (χ1n) is 10.1. The van der Waals surface area contributed by atoms with Crippen LogP contribution in [0.4, 0.5) is 0 Å². The molecule has 3 rings (SSSR count). The molecule has 1 aromatic heterocycles. The Hall–Kier alpha value is -2.73. The number of nitrogens with zero attached hydrogens (tertiary/aromatic N) is 1. The van der Waals surface area contributed by atoms with Crippen LogP contribution < -0.4 is 10.9 Å². The highest BCUT2D eigenvalue weighted by Gasteiger charge is 2.08. The van der Waals surface area contributed by atoms with Gasteiger partial charge in [-0.1, -0.05) is 55.8 Å². The van der Waals surface area contributed by atoms with E-state index in [1.54, 1.807) is 10.6 Å². The molecule has 1 heterocycles. The first kappa shape index (κ1) is 21.0. The third-order valence-electron chi connectivity index (χ3n) is 5.15. The van der Waals surface area contributed by atoms with Crippen molar-refractivity contribution < 1.29 is 4.79 Å². The molecule has 6 heteroatoms. The molecule has 29 heavy (non-hydrogen) atoms. The third kappa shape index (κ3) is 5.64. The molecule has 0 fully saturated rings. The van der Waals surface area contributed by atoms with Gasteiger partial charge in [0.15, 0.2) is 4.77 Å². The zero-order chi connectivity index (χ0) is 20.6. The maximum Gasteiger partial charge on any atom is 0.262 e. The number of aromatic amines is 1. The molecule has 1 unspecified atom stereocenters. The van der Waals surface area contributed by atoms with E-state index in [1.165, 1.54) is 5.56 Å². The normalized spacial score (nSPS) is 12.0. The van der Waals surface area contributed by atoms with Crippen molar-refractivity contribution in [2.24, 2.45) is 0 Å². The SMILES string of the molecule is CC(CNC(=O)CCCCCn1c(=S)[nH]c2ccccc2c1=O)c1ccccc1. The smallest absolute Gasteiger partial charge is 0.262 e. The van der Waals surface area contributed by atoms with Crippen molar-refractivity contribution in [3.05, 3.63) is 75.3 Å². The summed E-state index contributed by atoms with van der Waals surface area (Å²) in [7, 11) is 0. The van der Waals surface area contributed by atoms with Crippen LogP contribution in [0.15, 0.2) is 59.4 Å². The number of unbranched alkanes of at least 4 members (excludes halogenated alkanes) is 2. The van der Waals surface area contributed by atoms with E-state index < -0.39 is 0 Å². The van der Waals surface area contributed by atoms with E-state index in [1.807, 2.05) is 36.4 Å². The largest absolute Gasteiger partial charge is 0.356 e. The summed E-state index contributed by atoms with van der Waals surface area (Å²) < 4.78 is 2.06. The molecule has 2 N–H and O–H groups in total. The van der Waals surface area contributed by atoms with Crippen LogP contribution in [0.2, 0.25) is 0 Å². The summed E-state index contributed by atoms with van der Waals surface area (Å²) in [5, 5.41) is 3.66. The lowest BCUT2D eigenvalue weighted by atomic mass is 10.0. The van der Waals surface area contributed by atoms with Gasteiger partial charge in [0.25, 0.3) is 5.56 Å². The van der Waals surface area contributed by atoms with Crippen molar-refractivity contribution in [1.82, 2.24) is 14.9 Å². The van der Waals surface area contributed by atoms with Gasteiger partial charge in [-0.2, -0.15) is 0 Å². The third-order valence-corrected chi connectivity index (χ3v) is 5.47. The van der Waals surface area contributed by atoms with Crippen molar-refractivity contribution in [2.45, 2.75) is 45.1 Å². The number of H-pyrrole nitrogens is 1. The fourth-order valence-electron chi connectivity index (χ4n) is 3.39. The predicted octanol–water partition coefficient (Wildman–Crippen LogP) is 4.54. The molecule has 2 aromatic carbocycles. The number of benzene rings is 2. The summed E-state index contributed by atoms with van der Waals surface area (Å²) in [6, 6.07) is 17.6. The summed E-state index contributed by atoms with van der Waals surface area (Å²) in [6.45, 7) is 3.32. The van der Waals surface area contributed by atoms with Crippen LogP contribution >= 0.6 is 12.2 Å². The second-order valence-corrected chi connectivity index (χ2v) is 7.75. The monoisotopic (exact) mass is 409 g/mol. The Morgan fingerprint density at radius 3 is 2.59 bits per heavy atom. The Morgan fingerprint density at radius 1 is 1.07 bits per heavy atom. The van der Waals surface area contributed by atoms with Crippen LogP contribution in [0.25, 0.3) is 10.9 Å². The van der Waals surface area contributed by atoms with Crippen LogP contribution in [-0.2, 0) is 11.3 Å². The van der Waals surface area contributed by atoms with E-state index in [2.05, 4.69) is 29.4 Å². The lowest BCUT2D eigenvalue weighted by Gasteiger charge is -2.13. The van der Waals surface area contributed by atoms with Crippen molar-refractivity contribution in [2.75, 3.05) is 6.54 Å². The molecule has 1 amide bonds. The molecule has 0 saturated heterocycles. The standard InChI is InChI=1S/C23H27N3O2S/c1-17(18-10-4-2-5-11-18)16-24-21(27)14-6-3-9-15-26-22(28)19-12-7-8-13-20(19)25-23(26)29/h2,4-5,7-8,10-13,17H,3,6,9,14-16H2,1H3,(H,24,27)(H,25,29). The maximum absolute atomic E-state index is 12.6. The Kier molecular flexibility index (Phi) is 7.36. The molecule has 0 saturated carbocycles. The van der Waals surface area contributed by atoms with Crippen LogP contribution in [0, 0.1) is 4.77 Å². The van der Waals surface area contributed by atoms with E-state index in [0.717, 1.165) is 24.8 Å². The predicted molar refractivity (Wildman–Crippen MR) is 120 cm³/mol. The Labute approximate surface area is 175 Å². The van der Waals surface area contributed by atoms with E-state index in [0.29, 0.717) is 35.6 Å². The summed E-state index contributed by atoms with van der Waals surface area (Å²) in [4.78, 5) is 27.8. The number of hydrogen-bond donors (Lipinski definition) is 2. The molecule has 0 radical (unpaired) electrons. The molecule has 0 bridgehead atoms. The second kappa shape index (κ2) is 10.2. The molecule has 3 aromatic rings. The molecular weight excluding hydrogens is 382 g/mol. The van der Waals surface area contributed by atoms with Crippen molar-refractivity contribution in [1.29, 1.82) is 0 Å². The van der Waals surface area contributed by atoms with Gasteiger partial charge in [0.1, 0.15) is 0 Å². The average molecular weight is 410 g/mol. The van der Waals surface area contributed by atoms with Crippen LogP contribution in [-0.4, -0.2) is 22.0 Å². The number of hydrogen-bond acceptors (Lipinski definition) is 3. The minimum atomic E-state index is -0.0583. The van der Waals surface area contributed by atoms with E-state index in [4.69, 9.17) is 12.2 Å². The van der Waals surface area contributed by atoms with Crippen LogP contribution in [0.3, 0.4) is 0 Å². The molecule has 152 valence electrons. The number of amides is 1. The van der Waals surface area contributed by atoms with Gasteiger partial charge in [0.05, 0.1) is 10.9 Å². The average Bonchev–Trinajstić information content (AvgIpc) is 2.74. The van der Waals surface area contributed by atoms with Crippen molar-refractivity contribution in [3.63, 3.8) is 0 Å². The highest BCUT2D eigenvalue weighted by molar-refractivity contribution is 7.71. The molecule has 1 atom stereocenters. The van der Waals surface area contributed by atoms with Gasteiger partial charge in [-0.3, -0.25) is 14.2 Å². The molecule has 0 aliphatic carbocycles. The van der Waals surface area contributed by atoms with Gasteiger partial charge in [0, 0.05) is 19.5 Å². The zero-order valence-electron chi connectivity index (χ0n) is 16.7. The minimum absolute atomic E-state index is 0.0583. The van der Waals surface area contributed by atoms with Crippen LogP contribution in [0.5, 0.6) is 0 Å². The highest BCUT2D eigenvalue weighted by Crippen LogP contribution is 2.13. The Morgan fingerprint density at radius 2 is 1.79 bits per heavy atom. The van der Waals surface area contributed by atoms with Crippen LogP contribution in [0.1, 0.15) is 44.1 Å². The Balaban J connectivity index is 1.41. The number of nitrogens with one attached hydrogen (secondary N) is 2. The highest BCUT2D eigenvalue weighted by atomic mass is 32.1. The minimum Gasteiger partial charge on any atom is -0.356 e. The van der Waals surface area contributed by atoms with Gasteiger partial charge in [0.2, 0.25) is 5.91 Å². The molecule has 5 nitrogen and oxygen atoms in total. The fraction of sp³-hybridized carbons (Fsp3) is 0.348. The summed E-state index contributed by atoms with van der Waals surface area (Å²) in [5.41, 5.74) is 1.93. The summed E-state index contributed by atoms with van der Waals surface area (Å²) in [6.07, 6.45) is 2.98. The number of carbonyl (C=O) groups is 1. The number of para-hydroxylation sites is 1.